The molecule has 72 valence electrons. The van der Waals surface area contributed by atoms with Crippen molar-refractivity contribution in [3.8, 4) is 0 Å². The summed E-state index contributed by atoms with van der Waals surface area (Å²) in [6.07, 6.45) is -1.29. The van der Waals surface area contributed by atoms with Gasteiger partial charge < -0.3 is 0 Å². The first-order chi connectivity index (χ1) is 5.82. The van der Waals surface area contributed by atoms with Gasteiger partial charge in [0.1, 0.15) is 5.69 Å². The molecule has 0 spiro atoms. The molecule has 1 aromatic heterocycles. The van der Waals surface area contributed by atoms with Crippen LogP contribution in [-0.2, 0) is 3.79 Å². The van der Waals surface area contributed by atoms with Crippen molar-refractivity contribution in [2.75, 3.05) is 0 Å². The molecule has 8 heteroatoms. The van der Waals surface area contributed by atoms with Crippen LogP contribution in [0.2, 0.25) is 0 Å². The fourth-order valence-corrected chi connectivity index (χ4v) is 1.81. The summed E-state index contributed by atoms with van der Waals surface area (Å²) in [5, 5.41) is 0. The Labute approximate surface area is 95.3 Å². The van der Waals surface area contributed by atoms with E-state index in [0.29, 0.717) is 0 Å². The highest BCUT2D eigenvalue weighted by Gasteiger charge is 2.30. The molecule has 0 radical (unpaired) electrons. The highest BCUT2D eigenvalue weighted by atomic mass is 79.9. The van der Waals surface area contributed by atoms with E-state index < -0.39 is 15.8 Å². The van der Waals surface area contributed by atoms with Crippen molar-refractivity contribution < 1.29 is 8.78 Å². The molecule has 0 aliphatic rings. The summed E-state index contributed by atoms with van der Waals surface area (Å²) in [5.74, 6) is -1.12. The molecular formula is C5BrCl3F2N2. The first-order valence-corrected chi connectivity index (χ1v) is 4.71. The Balaban J connectivity index is 3.37. The van der Waals surface area contributed by atoms with E-state index in [2.05, 4.69) is 25.9 Å². The third-order valence-corrected chi connectivity index (χ3v) is 2.29. The van der Waals surface area contributed by atoms with E-state index in [1.165, 1.54) is 0 Å². The minimum Gasteiger partial charge on any atom is -0.201 e. The molecule has 0 N–H and O–H groups in total. The van der Waals surface area contributed by atoms with Gasteiger partial charge in [0.2, 0.25) is 9.74 Å². The maximum Gasteiger partial charge on any atom is 0.311 e. The standard InChI is InChI=1S/C5BrCl3F2N2/c6-1-2(5(7,8)9)12-4(11)13-3(1)10. The van der Waals surface area contributed by atoms with E-state index in [1.807, 2.05) is 0 Å². The first-order valence-electron chi connectivity index (χ1n) is 2.78. The third-order valence-electron chi connectivity index (χ3n) is 1.05. The minimum absolute atomic E-state index is 0.270. The van der Waals surface area contributed by atoms with Crippen LogP contribution >= 0.6 is 50.7 Å². The zero-order chi connectivity index (χ0) is 10.2. The van der Waals surface area contributed by atoms with Crippen LogP contribution < -0.4 is 0 Å². The second-order valence-corrected chi connectivity index (χ2v) is 5.02. The molecule has 0 bridgehead atoms. The molecule has 0 saturated carbocycles. The molecule has 0 aromatic carbocycles. The van der Waals surface area contributed by atoms with Crippen molar-refractivity contribution >= 4 is 50.7 Å². The molecule has 13 heavy (non-hydrogen) atoms. The van der Waals surface area contributed by atoms with Crippen LogP contribution in [0.4, 0.5) is 8.78 Å². The van der Waals surface area contributed by atoms with Gasteiger partial charge in [-0.15, -0.1) is 0 Å². The van der Waals surface area contributed by atoms with Crippen molar-refractivity contribution in [1.82, 2.24) is 9.97 Å². The van der Waals surface area contributed by atoms with E-state index >= 15 is 0 Å². The molecule has 0 aliphatic heterocycles. The van der Waals surface area contributed by atoms with Crippen LogP contribution in [-0.4, -0.2) is 9.97 Å². The van der Waals surface area contributed by atoms with Crippen molar-refractivity contribution in [2.45, 2.75) is 3.79 Å². The fraction of sp³-hybridized carbons (Fsp3) is 0.200. The predicted octanol–water partition coefficient (Wildman–Crippen LogP) is 3.34. The van der Waals surface area contributed by atoms with Crippen molar-refractivity contribution in [3.05, 3.63) is 22.2 Å². The Morgan fingerprint density at radius 2 is 1.69 bits per heavy atom. The molecule has 0 atom stereocenters. The van der Waals surface area contributed by atoms with Gasteiger partial charge >= 0.3 is 6.08 Å². The summed E-state index contributed by atoms with van der Waals surface area (Å²) in [6.45, 7) is 0. The molecule has 0 amide bonds. The molecule has 0 saturated heterocycles. The Morgan fingerprint density at radius 3 is 2.15 bits per heavy atom. The molecule has 1 rings (SSSR count). The summed E-state index contributed by atoms with van der Waals surface area (Å²) in [5.41, 5.74) is -0.373. The normalized spacial score (nSPS) is 11.8. The van der Waals surface area contributed by atoms with Gasteiger partial charge in [0, 0.05) is 0 Å². The van der Waals surface area contributed by atoms with E-state index in [4.69, 9.17) is 34.8 Å². The van der Waals surface area contributed by atoms with Crippen LogP contribution in [0, 0.1) is 12.0 Å². The Morgan fingerprint density at radius 1 is 1.15 bits per heavy atom. The lowest BCUT2D eigenvalue weighted by Gasteiger charge is -2.11. The van der Waals surface area contributed by atoms with Crippen LogP contribution in [0.25, 0.3) is 0 Å². The number of hydrogen-bond donors (Lipinski definition) is 0. The maximum atomic E-state index is 12.8. The van der Waals surface area contributed by atoms with E-state index in [9.17, 15) is 8.78 Å². The smallest absolute Gasteiger partial charge is 0.201 e. The first kappa shape index (κ1) is 11.4. The van der Waals surface area contributed by atoms with Crippen molar-refractivity contribution in [1.29, 1.82) is 0 Å². The average molecular weight is 312 g/mol. The fourth-order valence-electron chi connectivity index (χ4n) is 0.582. The number of alkyl halides is 3. The lowest BCUT2D eigenvalue weighted by molar-refractivity contribution is 0.472. The summed E-state index contributed by atoms with van der Waals surface area (Å²) in [7, 11) is 0. The summed E-state index contributed by atoms with van der Waals surface area (Å²) >= 11 is 18.9. The molecule has 1 heterocycles. The number of rotatable bonds is 0. The largest absolute Gasteiger partial charge is 0.311 e. The molecule has 0 unspecified atom stereocenters. The van der Waals surface area contributed by atoms with E-state index in [1.54, 1.807) is 0 Å². The lowest BCUT2D eigenvalue weighted by atomic mass is 10.4. The van der Waals surface area contributed by atoms with Gasteiger partial charge in [-0.25, -0.2) is 4.98 Å². The SMILES string of the molecule is Fc1nc(F)c(Br)c(C(Cl)(Cl)Cl)n1. The van der Waals surface area contributed by atoms with Crippen LogP contribution in [0.15, 0.2) is 4.47 Å². The topological polar surface area (TPSA) is 25.8 Å². The second-order valence-electron chi connectivity index (χ2n) is 1.94. The number of halogens is 6. The Kier molecular flexibility index (Phi) is 3.33. The molecule has 0 aliphatic carbocycles. The molecule has 2 nitrogen and oxygen atoms in total. The van der Waals surface area contributed by atoms with Gasteiger partial charge in [0.05, 0.1) is 4.47 Å². The second kappa shape index (κ2) is 3.81. The Bertz CT molecular complexity index is 341. The van der Waals surface area contributed by atoms with E-state index in [0.717, 1.165) is 0 Å². The van der Waals surface area contributed by atoms with Gasteiger partial charge in [0.25, 0.3) is 0 Å². The summed E-state index contributed by atoms with van der Waals surface area (Å²) in [4.78, 5) is 5.92. The third kappa shape index (κ3) is 2.62. The zero-order valence-corrected chi connectivity index (χ0v) is 9.52. The molecular weight excluding hydrogens is 312 g/mol. The van der Waals surface area contributed by atoms with Gasteiger partial charge in [-0.2, -0.15) is 13.8 Å². The highest BCUT2D eigenvalue weighted by molar-refractivity contribution is 9.10. The quantitative estimate of drug-likeness (QED) is 0.417. The van der Waals surface area contributed by atoms with E-state index in [-0.39, 0.29) is 10.2 Å². The Hall–Kier alpha value is 0.290. The van der Waals surface area contributed by atoms with Gasteiger partial charge in [-0.1, -0.05) is 34.8 Å². The predicted molar refractivity (Wildman–Crippen MR) is 48.9 cm³/mol. The van der Waals surface area contributed by atoms with Gasteiger partial charge in [-0.05, 0) is 15.9 Å². The van der Waals surface area contributed by atoms with Crippen molar-refractivity contribution in [2.24, 2.45) is 0 Å². The number of aromatic nitrogens is 2. The van der Waals surface area contributed by atoms with Crippen molar-refractivity contribution in [3.63, 3.8) is 0 Å². The van der Waals surface area contributed by atoms with Crippen LogP contribution in [0.5, 0.6) is 0 Å². The summed E-state index contributed by atoms with van der Waals surface area (Å²) < 4.78 is 23.0. The number of hydrogen-bond acceptors (Lipinski definition) is 2. The number of nitrogens with zero attached hydrogens (tertiary/aromatic N) is 2. The lowest BCUT2D eigenvalue weighted by Crippen LogP contribution is -2.10. The summed E-state index contributed by atoms with van der Waals surface area (Å²) in [6, 6.07) is 0. The van der Waals surface area contributed by atoms with Gasteiger partial charge in [0.15, 0.2) is 0 Å². The zero-order valence-electron chi connectivity index (χ0n) is 5.66. The van der Waals surface area contributed by atoms with Crippen LogP contribution in [0.3, 0.4) is 0 Å². The van der Waals surface area contributed by atoms with Gasteiger partial charge in [-0.3, -0.25) is 0 Å². The highest BCUT2D eigenvalue weighted by Crippen LogP contribution is 2.40. The van der Waals surface area contributed by atoms with Crippen LogP contribution in [0.1, 0.15) is 5.69 Å². The maximum absolute atomic E-state index is 12.8. The monoisotopic (exact) mass is 310 g/mol. The average Bonchev–Trinajstić information content (AvgIpc) is 1.94. The molecule has 1 aromatic rings. The minimum atomic E-state index is -2.00. The molecule has 0 fully saturated rings.